The number of ether oxygens (including phenoxy) is 2. The molecular weight excluding hydrogens is 419 g/mol. The summed E-state index contributed by atoms with van der Waals surface area (Å²) in [4.78, 5) is 36.4. The van der Waals surface area contributed by atoms with Crippen molar-refractivity contribution in [1.82, 2.24) is 0 Å². The van der Waals surface area contributed by atoms with E-state index in [1.54, 1.807) is 26.0 Å². The molecule has 0 N–H and O–H groups in total. The van der Waals surface area contributed by atoms with Crippen LogP contribution in [0.5, 0.6) is 5.75 Å². The highest BCUT2D eigenvalue weighted by atomic mass is 35.5. The van der Waals surface area contributed by atoms with Gasteiger partial charge < -0.3 is 13.9 Å². The van der Waals surface area contributed by atoms with E-state index < -0.39 is 17.6 Å². The Morgan fingerprint density at radius 2 is 1.79 bits per heavy atom. The molecule has 0 aliphatic rings. The summed E-state index contributed by atoms with van der Waals surface area (Å²) >= 11 is 11.9. The second-order valence-corrected chi connectivity index (χ2v) is 7.17. The van der Waals surface area contributed by atoms with Crippen molar-refractivity contribution < 1.29 is 23.5 Å². The van der Waals surface area contributed by atoms with Gasteiger partial charge in [-0.1, -0.05) is 23.2 Å². The maximum absolute atomic E-state index is 12.5. The third kappa shape index (κ3) is 4.13. The molecule has 6 nitrogen and oxygen atoms in total. The third-order valence-electron chi connectivity index (χ3n) is 4.56. The van der Waals surface area contributed by atoms with E-state index in [2.05, 4.69) is 4.74 Å². The average molecular weight is 435 g/mol. The van der Waals surface area contributed by atoms with E-state index in [1.165, 1.54) is 25.3 Å². The molecule has 0 saturated heterocycles. The number of carbonyl (C=O) groups is 2. The Labute approximate surface area is 175 Å². The van der Waals surface area contributed by atoms with Crippen molar-refractivity contribution >= 4 is 46.1 Å². The predicted molar refractivity (Wildman–Crippen MR) is 109 cm³/mol. The monoisotopic (exact) mass is 434 g/mol. The van der Waals surface area contributed by atoms with Gasteiger partial charge in [-0.15, -0.1) is 0 Å². The molecule has 2 aromatic carbocycles. The second kappa shape index (κ2) is 8.27. The Balaban J connectivity index is 2.02. The zero-order chi connectivity index (χ0) is 21.3. The zero-order valence-corrected chi connectivity index (χ0v) is 17.3. The summed E-state index contributed by atoms with van der Waals surface area (Å²) in [6.45, 7) is 3.38. The SMILES string of the molecule is COC(=O)Cc1c(C)c2ccc(OC(=O)c3ccc(Cl)cc3Cl)c(C)c2oc1=O. The van der Waals surface area contributed by atoms with E-state index in [1.807, 2.05) is 0 Å². The molecule has 0 bridgehead atoms. The molecule has 150 valence electrons. The molecule has 8 heteroatoms. The minimum absolute atomic E-state index is 0.154. The predicted octanol–water partition coefficient (Wildman–Crippen LogP) is 4.65. The van der Waals surface area contributed by atoms with Crippen LogP contribution in [0.3, 0.4) is 0 Å². The number of methoxy groups -OCH3 is 1. The van der Waals surface area contributed by atoms with E-state index in [4.69, 9.17) is 32.4 Å². The Morgan fingerprint density at radius 1 is 1.07 bits per heavy atom. The lowest BCUT2D eigenvalue weighted by Crippen LogP contribution is -2.16. The van der Waals surface area contributed by atoms with Crippen molar-refractivity contribution in [3.05, 3.63) is 73.1 Å². The molecule has 0 spiro atoms. The van der Waals surface area contributed by atoms with E-state index >= 15 is 0 Å². The second-order valence-electron chi connectivity index (χ2n) is 6.33. The van der Waals surface area contributed by atoms with Gasteiger partial charge in [0, 0.05) is 16.0 Å². The van der Waals surface area contributed by atoms with Crippen LogP contribution in [0.4, 0.5) is 0 Å². The first-order valence-corrected chi connectivity index (χ1v) is 9.28. The van der Waals surface area contributed by atoms with Crippen LogP contribution in [0, 0.1) is 13.8 Å². The number of rotatable bonds is 4. The number of benzene rings is 2. The topological polar surface area (TPSA) is 82.8 Å². The minimum atomic E-state index is -0.671. The Hall–Kier alpha value is -2.83. The van der Waals surface area contributed by atoms with Gasteiger partial charge in [0.15, 0.2) is 0 Å². The highest BCUT2D eigenvalue weighted by Gasteiger charge is 2.20. The number of esters is 2. The zero-order valence-electron chi connectivity index (χ0n) is 15.8. The lowest BCUT2D eigenvalue weighted by molar-refractivity contribution is -0.139. The molecule has 0 atom stereocenters. The first-order chi connectivity index (χ1) is 13.7. The average Bonchev–Trinajstić information content (AvgIpc) is 2.67. The summed E-state index contributed by atoms with van der Waals surface area (Å²) in [5.41, 5.74) is 1.07. The molecule has 3 aromatic rings. The number of hydrogen-bond donors (Lipinski definition) is 0. The van der Waals surface area contributed by atoms with Crippen LogP contribution in [0.15, 0.2) is 39.5 Å². The van der Waals surface area contributed by atoms with E-state index in [0.717, 1.165) is 0 Å². The van der Waals surface area contributed by atoms with Crippen LogP contribution >= 0.6 is 23.2 Å². The Kier molecular flexibility index (Phi) is 5.96. The molecule has 29 heavy (non-hydrogen) atoms. The van der Waals surface area contributed by atoms with E-state index in [9.17, 15) is 14.4 Å². The summed E-state index contributed by atoms with van der Waals surface area (Å²) in [7, 11) is 1.25. The van der Waals surface area contributed by atoms with Crippen LogP contribution in [0.25, 0.3) is 11.0 Å². The maximum Gasteiger partial charge on any atom is 0.345 e. The van der Waals surface area contributed by atoms with Crippen molar-refractivity contribution in [2.75, 3.05) is 7.11 Å². The fourth-order valence-electron chi connectivity index (χ4n) is 2.91. The standard InChI is InChI=1S/C21H16Cl2O6/c1-10-13-6-7-17(28-20(25)14-5-4-12(22)8-16(14)23)11(2)19(13)29-21(26)15(10)9-18(24)27-3/h4-8H,9H2,1-3H3. The van der Waals surface area contributed by atoms with Gasteiger partial charge in [-0.25, -0.2) is 9.59 Å². The van der Waals surface area contributed by atoms with E-state index in [-0.39, 0.29) is 33.9 Å². The van der Waals surface area contributed by atoms with Gasteiger partial charge in [-0.2, -0.15) is 0 Å². The lowest BCUT2D eigenvalue weighted by atomic mass is 10.0. The first-order valence-electron chi connectivity index (χ1n) is 8.53. The fourth-order valence-corrected chi connectivity index (χ4v) is 3.40. The molecule has 0 aliphatic carbocycles. The molecule has 3 rings (SSSR count). The highest BCUT2D eigenvalue weighted by molar-refractivity contribution is 6.36. The molecule has 0 amide bonds. The summed E-state index contributed by atoms with van der Waals surface area (Å²) in [5, 5.41) is 1.19. The lowest BCUT2D eigenvalue weighted by Gasteiger charge is -2.12. The summed E-state index contributed by atoms with van der Waals surface area (Å²) < 4.78 is 15.5. The molecule has 1 heterocycles. The van der Waals surface area contributed by atoms with Crippen LogP contribution in [0.1, 0.15) is 27.0 Å². The quantitative estimate of drug-likeness (QED) is 0.337. The van der Waals surface area contributed by atoms with Gasteiger partial charge in [0.2, 0.25) is 0 Å². The Bertz CT molecular complexity index is 1200. The number of halogens is 2. The van der Waals surface area contributed by atoms with Crippen LogP contribution < -0.4 is 10.4 Å². The molecular formula is C21H16Cl2O6. The normalized spacial score (nSPS) is 10.8. The molecule has 0 radical (unpaired) electrons. The van der Waals surface area contributed by atoms with E-state index in [0.29, 0.717) is 21.5 Å². The van der Waals surface area contributed by atoms with Gasteiger partial charge in [0.05, 0.1) is 29.7 Å². The van der Waals surface area contributed by atoms with Gasteiger partial charge in [-0.05, 0) is 49.7 Å². The van der Waals surface area contributed by atoms with Gasteiger partial charge in [-0.3, -0.25) is 4.79 Å². The number of fused-ring (bicyclic) bond motifs is 1. The van der Waals surface area contributed by atoms with Crippen LogP contribution in [0.2, 0.25) is 10.0 Å². The molecule has 0 saturated carbocycles. The van der Waals surface area contributed by atoms with Crippen molar-refractivity contribution in [3.8, 4) is 5.75 Å². The highest BCUT2D eigenvalue weighted by Crippen LogP contribution is 2.31. The third-order valence-corrected chi connectivity index (χ3v) is 5.10. The van der Waals surface area contributed by atoms with Gasteiger partial charge >= 0.3 is 17.6 Å². The molecule has 0 aliphatic heterocycles. The Morgan fingerprint density at radius 3 is 2.45 bits per heavy atom. The molecule has 1 aromatic heterocycles. The smallest absolute Gasteiger partial charge is 0.345 e. The van der Waals surface area contributed by atoms with Crippen LogP contribution in [-0.4, -0.2) is 19.0 Å². The fraction of sp³-hybridized carbons (Fsp3) is 0.190. The van der Waals surface area contributed by atoms with Crippen molar-refractivity contribution in [3.63, 3.8) is 0 Å². The van der Waals surface area contributed by atoms with Crippen molar-refractivity contribution in [2.45, 2.75) is 20.3 Å². The number of aryl methyl sites for hydroxylation is 2. The number of carbonyl (C=O) groups excluding carboxylic acids is 2. The minimum Gasteiger partial charge on any atom is -0.469 e. The summed E-state index contributed by atoms with van der Waals surface area (Å²) in [6, 6.07) is 7.69. The van der Waals surface area contributed by atoms with Crippen molar-refractivity contribution in [1.29, 1.82) is 0 Å². The summed E-state index contributed by atoms with van der Waals surface area (Å²) in [5.74, 6) is -0.992. The molecule has 0 fully saturated rings. The summed E-state index contributed by atoms with van der Waals surface area (Å²) in [6.07, 6.45) is -0.189. The van der Waals surface area contributed by atoms with Crippen molar-refractivity contribution in [2.24, 2.45) is 0 Å². The number of hydrogen-bond acceptors (Lipinski definition) is 6. The van der Waals surface area contributed by atoms with Gasteiger partial charge in [0.1, 0.15) is 11.3 Å². The maximum atomic E-state index is 12.5. The first kappa shape index (κ1) is 20.9. The molecule has 0 unspecified atom stereocenters. The largest absolute Gasteiger partial charge is 0.469 e. The van der Waals surface area contributed by atoms with Gasteiger partial charge in [0.25, 0.3) is 0 Å². The van der Waals surface area contributed by atoms with Crippen LogP contribution in [-0.2, 0) is 16.0 Å².